The fourth-order valence-corrected chi connectivity index (χ4v) is 4.27. The fraction of sp³-hybridized carbons (Fsp3) is 0.200. The predicted octanol–water partition coefficient (Wildman–Crippen LogP) is 4.20. The van der Waals surface area contributed by atoms with Crippen molar-refractivity contribution in [2.75, 3.05) is 14.1 Å². The summed E-state index contributed by atoms with van der Waals surface area (Å²) in [7, 11) is 3.41. The third-order valence-electron chi connectivity index (χ3n) is 5.92. The molecule has 0 radical (unpaired) electrons. The summed E-state index contributed by atoms with van der Waals surface area (Å²) < 4.78 is 1.47. The number of aromatic amines is 1. The van der Waals surface area contributed by atoms with Gasteiger partial charge in [0.2, 0.25) is 0 Å². The molecule has 5 rings (SSSR count). The van der Waals surface area contributed by atoms with E-state index in [4.69, 9.17) is 0 Å². The number of carbonyl (C=O) groups excluding carboxylic acids is 1. The number of H-pyrrole nitrogens is 1. The average Bonchev–Trinajstić information content (AvgIpc) is 3.40. The summed E-state index contributed by atoms with van der Waals surface area (Å²) in [5, 5.41) is 39.2. The number of carbonyl (C=O) groups is 1. The quantitative estimate of drug-likeness (QED) is 0.373. The molecule has 0 spiro atoms. The SMILES string of the molecule is CC(C)c1n[nH]c2cc(O)c(-c3nnc(O)n3-c3ccc(C(=O)N(C)C)c4ccccc34)cc12. The highest BCUT2D eigenvalue weighted by atomic mass is 16.3. The zero-order valence-corrected chi connectivity index (χ0v) is 19.2. The summed E-state index contributed by atoms with van der Waals surface area (Å²) in [6.45, 7) is 4.08. The van der Waals surface area contributed by atoms with Crippen LogP contribution in [0.1, 0.15) is 35.8 Å². The molecule has 0 fully saturated rings. The molecule has 3 aromatic carbocycles. The van der Waals surface area contributed by atoms with E-state index in [0.29, 0.717) is 22.3 Å². The van der Waals surface area contributed by atoms with Gasteiger partial charge in [-0.05, 0) is 29.5 Å². The predicted molar refractivity (Wildman–Crippen MR) is 129 cm³/mol. The van der Waals surface area contributed by atoms with Crippen LogP contribution in [-0.2, 0) is 0 Å². The Morgan fingerprint density at radius 2 is 1.74 bits per heavy atom. The maximum atomic E-state index is 12.7. The minimum absolute atomic E-state index is 0.0242. The van der Waals surface area contributed by atoms with Crippen molar-refractivity contribution in [2.24, 2.45) is 0 Å². The normalized spacial score (nSPS) is 11.6. The Morgan fingerprint density at radius 1 is 1.00 bits per heavy atom. The summed E-state index contributed by atoms with van der Waals surface area (Å²) >= 11 is 0. The Balaban J connectivity index is 1.77. The Hall–Kier alpha value is -4.40. The summed E-state index contributed by atoms with van der Waals surface area (Å²) in [4.78, 5) is 14.3. The van der Waals surface area contributed by atoms with E-state index in [9.17, 15) is 15.0 Å². The molecule has 3 N–H and O–H groups in total. The second-order valence-electron chi connectivity index (χ2n) is 8.71. The van der Waals surface area contributed by atoms with Crippen molar-refractivity contribution < 1.29 is 15.0 Å². The Kier molecular flexibility index (Phi) is 4.97. The van der Waals surface area contributed by atoms with E-state index in [1.54, 1.807) is 38.4 Å². The molecule has 34 heavy (non-hydrogen) atoms. The smallest absolute Gasteiger partial charge is 0.319 e. The first-order valence-electron chi connectivity index (χ1n) is 10.9. The van der Waals surface area contributed by atoms with E-state index in [-0.39, 0.29) is 29.4 Å². The van der Waals surface area contributed by atoms with Crippen LogP contribution in [-0.4, -0.2) is 60.1 Å². The molecule has 9 heteroatoms. The zero-order chi connectivity index (χ0) is 24.1. The van der Waals surface area contributed by atoms with Crippen molar-refractivity contribution in [2.45, 2.75) is 19.8 Å². The second kappa shape index (κ2) is 7.87. The number of hydrogen-bond donors (Lipinski definition) is 3. The Morgan fingerprint density at radius 3 is 2.44 bits per heavy atom. The van der Waals surface area contributed by atoms with Gasteiger partial charge in [0.05, 0.1) is 22.5 Å². The largest absolute Gasteiger partial charge is 0.507 e. The van der Waals surface area contributed by atoms with E-state index in [0.717, 1.165) is 21.9 Å². The molecule has 0 unspecified atom stereocenters. The molecule has 0 aliphatic heterocycles. The van der Waals surface area contributed by atoms with Crippen LogP contribution in [0.25, 0.3) is 38.8 Å². The first kappa shape index (κ1) is 21.4. The number of aromatic hydroxyl groups is 2. The Bertz CT molecular complexity index is 1560. The van der Waals surface area contributed by atoms with Crippen LogP contribution in [0.4, 0.5) is 0 Å². The monoisotopic (exact) mass is 456 g/mol. The van der Waals surface area contributed by atoms with Gasteiger partial charge in [-0.25, -0.2) is 4.57 Å². The van der Waals surface area contributed by atoms with Gasteiger partial charge in [-0.3, -0.25) is 9.89 Å². The van der Waals surface area contributed by atoms with E-state index in [1.807, 2.05) is 38.1 Å². The molecule has 0 bridgehead atoms. The lowest BCUT2D eigenvalue weighted by molar-refractivity contribution is 0.0829. The molecule has 0 aliphatic rings. The maximum Gasteiger partial charge on any atom is 0.319 e. The highest BCUT2D eigenvalue weighted by Crippen LogP contribution is 2.38. The number of rotatable bonds is 4. The first-order chi connectivity index (χ1) is 16.3. The van der Waals surface area contributed by atoms with Crippen LogP contribution < -0.4 is 0 Å². The van der Waals surface area contributed by atoms with Gasteiger partial charge >= 0.3 is 6.01 Å². The number of fused-ring (bicyclic) bond motifs is 2. The van der Waals surface area contributed by atoms with Gasteiger partial charge in [0.25, 0.3) is 5.91 Å². The molecular weight excluding hydrogens is 432 g/mol. The molecule has 1 amide bonds. The van der Waals surface area contributed by atoms with Gasteiger partial charge in [-0.15, -0.1) is 5.10 Å². The number of nitrogens with zero attached hydrogens (tertiary/aromatic N) is 5. The second-order valence-corrected chi connectivity index (χ2v) is 8.71. The molecule has 2 heterocycles. The minimum atomic E-state index is -0.331. The number of benzene rings is 3. The van der Waals surface area contributed by atoms with Crippen molar-refractivity contribution in [3.63, 3.8) is 0 Å². The van der Waals surface area contributed by atoms with Gasteiger partial charge in [0.15, 0.2) is 5.82 Å². The lowest BCUT2D eigenvalue weighted by Gasteiger charge is -2.16. The van der Waals surface area contributed by atoms with E-state index < -0.39 is 0 Å². The van der Waals surface area contributed by atoms with Gasteiger partial charge < -0.3 is 15.1 Å². The first-order valence-corrected chi connectivity index (χ1v) is 10.9. The van der Waals surface area contributed by atoms with Gasteiger partial charge in [0.1, 0.15) is 5.75 Å². The van der Waals surface area contributed by atoms with Crippen LogP contribution in [0.3, 0.4) is 0 Å². The molecule has 172 valence electrons. The standard InChI is InChI=1S/C25H24N6O3/c1-13(2)22-17-11-18(21(32)12-19(17)26-27-22)23-28-29-25(34)31(23)20-10-9-16(24(33)30(3)4)14-7-5-6-8-15(14)20/h5-13,32H,1-4H3,(H,26,27)(H,29,34). The van der Waals surface area contributed by atoms with Crippen LogP contribution in [0.2, 0.25) is 0 Å². The minimum Gasteiger partial charge on any atom is -0.507 e. The van der Waals surface area contributed by atoms with E-state index >= 15 is 0 Å². The molecular formula is C25H24N6O3. The van der Waals surface area contributed by atoms with Crippen LogP contribution in [0.15, 0.2) is 48.5 Å². The fourth-order valence-electron chi connectivity index (χ4n) is 4.27. The topological polar surface area (TPSA) is 120 Å². The van der Waals surface area contributed by atoms with Crippen LogP contribution in [0, 0.1) is 0 Å². The average molecular weight is 457 g/mol. The van der Waals surface area contributed by atoms with Gasteiger partial charge in [-0.1, -0.05) is 43.2 Å². The van der Waals surface area contributed by atoms with Gasteiger partial charge in [0, 0.05) is 36.5 Å². The third-order valence-corrected chi connectivity index (χ3v) is 5.92. The van der Waals surface area contributed by atoms with E-state index in [1.165, 1.54) is 9.47 Å². The summed E-state index contributed by atoms with van der Waals surface area (Å²) in [6.07, 6.45) is 0. The lowest BCUT2D eigenvalue weighted by atomic mass is 10.0. The highest BCUT2D eigenvalue weighted by molar-refractivity contribution is 6.09. The van der Waals surface area contributed by atoms with E-state index in [2.05, 4.69) is 20.4 Å². The molecule has 2 aromatic heterocycles. The summed E-state index contributed by atoms with van der Waals surface area (Å²) in [5.74, 6) is 0.289. The molecule has 0 atom stereocenters. The van der Waals surface area contributed by atoms with Gasteiger partial charge in [-0.2, -0.15) is 5.10 Å². The van der Waals surface area contributed by atoms with Crippen LogP contribution >= 0.6 is 0 Å². The van der Waals surface area contributed by atoms with Crippen molar-refractivity contribution in [1.82, 2.24) is 29.9 Å². The van der Waals surface area contributed by atoms with Crippen molar-refractivity contribution >= 4 is 27.6 Å². The Labute approximate surface area is 195 Å². The summed E-state index contributed by atoms with van der Waals surface area (Å²) in [5.41, 5.74) is 3.10. The number of amides is 1. The number of nitrogens with one attached hydrogen (secondary N) is 1. The molecule has 9 nitrogen and oxygen atoms in total. The zero-order valence-electron chi connectivity index (χ0n) is 19.2. The molecule has 0 saturated carbocycles. The van der Waals surface area contributed by atoms with Crippen molar-refractivity contribution in [3.8, 4) is 28.8 Å². The summed E-state index contributed by atoms with van der Waals surface area (Å²) in [6, 6.07) is 14.0. The molecule has 5 aromatic rings. The lowest BCUT2D eigenvalue weighted by Crippen LogP contribution is -2.22. The number of aromatic nitrogens is 5. The number of hydrogen-bond acceptors (Lipinski definition) is 6. The maximum absolute atomic E-state index is 12.7. The molecule has 0 saturated heterocycles. The number of phenols is 1. The van der Waals surface area contributed by atoms with Crippen LogP contribution in [0.5, 0.6) is 11.8 Å². The third kappa shape index (κ3) is 3.24. The number of phenolic OH excluding ortho intramolecular Hbond substituents is 1. The van der Waals surface area contributed by atoms with Crippen molar-refractivity contribution in [3.05, 3.63) is 59.8 Å². The van der Waals surface area contributed by atoms with Crippen molar-refractivity contribution in [1.29, 1.82) is 0 Å². The molecule has 0 aliphatic carbocycles. The highest BCUT2D eigenvalue weighted by Gasteiger charge is 2.23.